The Kier molecular flexibility index (Phi) is 1.89. The minimum Gasteiger partial charge on any atom is -0.293 e. The number of hydrogen-bond donors (Lipinski definition) is 0. The minimum absolute atomic E-state index is 0.0670. The number of hydrogen-bond acceptors (Lipinski definition) is 3. The van der Waals surface area contributed by atoms with Crippen molar-refractivity contribution in [1.29, 1.82) is 0 Å². The second kappa shape index (κ2) is 3.28. The Morgan fingerprint density at radius 3 is 2.88 bits per heavy atom. The zero-order chi connectivity index (χ0) is 12.0. The lowest BCUT2D eigenvalue weighted by atomic mass is 10.2. The van der Waals surface area contributed by atoms with Gasteiger partial charge in [0.15, 0.2) is 0 Å². The minimum atomic E-state index is -0.403. The molecule has 0 bridgehead atoms. The van der Waals surface area contributed by atoms with Crippen molar-refractivity contribution >= 4 is 22.4 Å². The first-order valence-corrected chi connectivity index (χ1v) is 5.18. The van der Waals surface area contributed by atoms with E-state index in [1.165, 1.54) is 12.3 Å². The van der Waals surface area contributed by atoms with Crippen molar-refractivity contribution in [3.63, 3.8) is 0 Å². The maximum absolute atomic E-state index is 10.7. The van der Waals surface area contributed by atoms with Gasteiger partial charge < -0.3 is 0 Å². The van der Waals surface area contributed by atoms with Crippen LogP contribution in [-0.2, 0) is 0 Å². The van der Waals surface area contributed by atoms with Crippen LogP contribution in [0, 0.1) is 17.0 Å². The van der Waals surface area contributed by atoms with E-state index >= 15 is 0 Å². The fourth-order valence-electron chi connectivity index (χ4n) is 1.92. The Balaban J connectivity index is 2.41. The third-order valence-electron chi connectivity index (χ3n) is 2.75. The average Bonchev–Trinajstić information content (AvgIpc) is 2.64. The monoisotopic (exact) mass is 227 g/mol. The van der Waals surface area contributed by atoms with E-state index in [0.717, 1.165) is 22.2 Å². The molecule has 0 aliphatic rings. The number of benzene rings is 1. The van der Waals surface area contributed by atoms with E-state index < -0.39 is 4.92 Å². The lowest BCUT2D eigenvalue weighted by Crippen LogP contribution is -1.91. The van der Waals surface area contributed by atoms with Crippen molar-refractivity contribution < 1.29 is 4.92 Å². The molecular weight excluding hydrogens is 218 g/mol. The number of fused-ring (bicyclic) bond motifs is 3. The fourth-order valence-corrected chi connectivity index (χ4v) is 1.92. The predicted octanol–water partition coefficient (Wildman–Crippen LogP) is 2.70. The molecule has 17 heavy (non-hydrogen) atoms. The van der Waals surface area contributed by atoms with Crippen molar-refractivity contribution in [2.75, 3.05) is 0 Å². The second-order valence-electron chi connectivity index (χ2n) is 3.98. The molecule has 3 aromatic rings. The van der Waals surface area contributed by atoms with E-state index in [1.54, 1.807) is 10.5 Å². The Morgan fingerprint density at radius 2 is 2.12 bits per heavy atom. The largest absolute Gasteiger partial charge is 0.293 e. The molecule has 84 valence electrons. The van der Waals surface area contributed by atoms with E-state index in [1.807, 2.05) is 25.1 Å². The van der Waals surface area contributed by atoms with Crippen LogP contribution in [-0.4, -0.2) is 14.3 Å². The first kappa shape index (κ1) is 9.77. The summed E-state index contributed by atoms with van der Waals surface area (Å²) in [6, 6.07) is 8.99. The molecular formula is C12H9N3O2. The molecule has 0 fully saturated rings. The van der Waals surface area contributed by atoms with E-state index in [-0.39, 0.29) is 5.69 Å². The zero-order valence-corrected chi connectivity index (χ0v) is 9.12. The first-order chi connectivity index (χ1) is 8.15. The van der Waals surface area contributed by atoms with Gasteiger partial charge in [0.2, 0.25) is 0 Å². The highest BCUT2D eigenvalue weighted by molar-refractivity contribution is 5.81. The third-order valence-corrected chi connectivity index (χ3v) is 2.75. The van der Waals surface area contributed by atoms with E-state index in [9.17, 15) is 10.1 Å². The number of pyridine rings is 1. The topological polar surface area (TPSA) is 60.4 Å². The van der Waals surface area contributed by atoms with Crippen molar-refractivity contribution in [1.82, 2.24) is 9.38 Å². The van der Waals surface area contributed by atoms with E-state index in [2.05, 4.69) is 4.98 Å². The molecule has 0 aliphatic carbocycles. The summed E-state index contributed by atoms with van der Waals surface area (Å²) in [7, 11) is 0. The van der Waals surface area contributed by atoms with Crippen LogP contribution < -0.4 is 0 Å². The summed E-state index contributed by atoms with van der Waals surface area (Å²) in [5.74, 6) is 0. The van der Waals surface area contributed by atoms with Crippen LogP contribution in [0.5, 0.6) is 0 Å². The number of rotatable bonds is 1. The van der Waals surface area contributed by atoms with Crippen LogP contribution in [0.15, 0.2) is 36.5 Å². The fraction of sp³-hybridized carbons (Fsp3) is 0.0833. The van der Waals surface area contributed by atoms with Crippen LogP contribution in [0.2, 0.25) is 0 Å². The summed E-state index contributed by atoms with van der Waals surface area (Å²) >= 11 is 0. The Hall–Kier alpha value is -2.43. The van der Waals surface area contributed by atoms with Crippen LogP contribution in [0.1, 0.15) is 5.56 Å². The summed E-state index contributed by atoms with van der Waals surface area (Å²) in [5.41, 5.74) is 3.64. The number of aromatic nitrogens is 2. The molecule has 0 unspecified atom stereocenters. The van der Waals surface area contributed by atoms with E-state index in [0.29, 0.717) is 0 Å². The van der Waals surface area contributed by atoms with Crippen molar-refractivity contribution in [2.45, 2.75) is 6.92 Å². The molecule has 0 saturated carbocycles. The second-order valence-corrected chi connectivity index (χ2v) is 3.98. The molecule has 2 heterocycles. The molecule has 3 rings (SSSR count). The highest BCUT2D eigenvalue weighted by Crippen LogP contribution is 2.20. The number of imidazole rings is 1. The molecule has 0 amide bonds. The Labute approximate surface area is 96.5 Å². The van der Waals surface area contributed by atoms with Gasteiger partial charge in [0.05, 0.1) is 22.2 Å². The maximum Gasteiger partial charge on any atom is 0.286 e. The number of nitrogens with zero attached hydrogens (tertiary/aromatic N) is 3. The van der Waals surface area contributed by atoms with Gasteiger partial charge in [-0.05, 0) is 30.7 Å². The summed E-state index contributed by atoms with van der Waals surface area (Å²) in [6.45, 7) is 1.99. The van der Waals surface area contributed by atoms with Crippen molar-refractivity contribution in [3.8, 4) is 0 Å². The summed E-state index contributed by atoms with van der Waals surface area (Å²) < 4.78 is 1.74. The first-order valence-electron chi connectivity index (χ1n) is 5.18. The van der Waals surface area contributed by atoms with Gasteiger partial charge in [-0.15, -0.1) is 0 Å². The normalized spacial score (nSPS) is 11.1. The molecule has 0 atom stereocenters. The number of aryl methyl sites for hydroxylation is 1. The van der Waals surface area contributed by atoms with Crippen LogP contribution >= 0.6 is 0 Å². The summed E-state index contributed by atoms with van der Waals surface area (Å²) in [6.07, 6.45) is 1.50. The molecule has 5 heteroatoms. The molecule has 0 spiro atoms. The van der Waals surface area contributed by atoms with Gasteiger partial charge in [-0.25, -0.2) is 4.98 Å². The SMILES string of the molecule is Cc1ccc2c(c1)nc1ccc([N+](=O)[O-])cn12. The Morgan fingerprint density at radius 1 is 1.29 bits per heavy atom. The van der Waals surface area contributed by atoms with Crippen molar-refractivity contribution in [3.05, 3.63) is 52.2 Å². The lowest BCUT2D eigenvalue weighted by Gasteiger charge is -1.96. The predicted molar refractivity (Wildman–Crippen MR) is 64.1 cm³/mol. The average molecular weight is 227 g/mol. The van der Waals surface area contributed by atoms with Crippen LogP contribution in [0.4, 0.5) is 5.69 Å². The van der Waals surface area contributed by atoms with Crippen molar-refractivity contribution in [2.24, 2.45) is 0 Å². The van der Waals surface area contributed by atoms with Crippen LogP contribution in [0.25, 0.3) is 16.7 Å². The smallest absolute Gasteiger partial charge is 0.286 e. The molecule has 0 radical (unpaired) electrons. The standard InChI is InChI=1S/C12H9N3O2/c1-8-2-4-11-10(6-8)13-12-5-3-9(15(16)17)7-14(11)12/h2-7H,1H3. The quantitative estimate of drug-likeness (QED) is 0.474. The summed E-state index contributed by atoms with van der Waals surface area (Å²) in [4.78, 5) is 14.7. The van der Waals surface area contributed by atoms with Gasteiger partial charge >= 0.3 is 0 Å². The zero-order valence-electron chi connectivity index (χ0n) is 9.12. The van der Waals surface area contributed by atoms with Gasteiger partial charge in [-0.3, -0.25) is 14.5 Å². The van der Waals surface area contributed by atoms with Gasteiger partial charge in [-0.1, -0.05) is 6.07 Å². The van der Waals surface area contributed by atoms with Gasteiger partial charge in [-0.2, -0.15) is 0 Å². The summed E-state index contributed by atoms with van der Waals surface area (Å²) in [5, 5.41) is 10.7. The molecule has 2 aromatic heterocycles. The van der Waals surface area contributed by atoms with Gasteiger partial charge in [0.25, 0.3) is 5.69 Å². The Bertz CT molecular complexity index is 746. The highest BCUT2D eigenvalue weighted by atomic mass is 16.6. The molecule has 5 nitrogen and oxygen atoms in total. The molecule has 0 saturated heterocycles. The lowest BCUT2D eigenvalue weighted by molar-refractivity contribution is -0.385. The van der Waals surface area contributed by atoms with Gasteiger partial charge in [0, 0.05) is 6.07 Å². The molecule has 0 aliphatic heterocycles. The van der Waals surface area contributed by atoms with E-state index in [4.69, 9.17) is 0 Å². The molecule has 0 N–H and O–H groups in total. The third kappa shape index (κ3) is 1.44. The highest BCUT2D eigenvalue weighted by Gasteiger charge is 2.09. The molecule has 1 aromatic carbocycles. The van der Waals surface area contributed by atoms with Gasteiger partial charge in [0.1, 0.15) is 5.65 Å². The van der Waals surface area contributed by atoms with Crippen LogP contribution in [0.3, 0.4) is 0 Å². The maximum atomic E-state index is 10.7. The number of nitro groups is 1.